The number of carbonyl (C=O) groups excluding carboxylic acids is 1. The van der Waals surface area contributed by atoms with Gasteiger partial charge in [-0.25, -0.2) is 12.8 Å². The molecule has 134 valence electrons. The van der Waals surface area contributed by atoms with Gasteiger partial charge in [0.05, 0.1) is 10.9 Å². The molecule has 2 N–H and O–H groups in total. The maximum Gasteiger partial charge on any atom is 0.242 e. The molecule has 0 bridgehead atoms. The van der Waals surface area contributed by atoms with E-state index in [0.717, 1.165) is 16.8 Å². The summed E-state index contributed by atoms with van der Waals surface area (Å²) < 4.78 is 40.6. The summed E-state index contributed by atoms with van der Waals surface area (Å²) in [5, 5.41) is 4.18. The van der Waals surface area contributed by atoms with Crippen LogP contribution in [0.1, 0.15) is 6.92 Å². The summed E-state index contributed by atoms with van der Waals surface area (Å²) in [6, 6.07) is 16.5. The van der Waals surface area contributed by atoms with Gasteiger partial charge in [0.2, 0.25) is 15.9 Å². The molecule has 26 heavy (non-hydrogen) atoms. The van der Waals surface area contributed by atoms with Crippen molar-refractivity contribution in [1.29, 1.82) is 0 Å². The van der Waals surface area contributed by atoms with E-state index in [0.29, 0.717) is 0 Å². The Morgan fingerprint density at radius 1 is 0.962 bits per heavy atom. The molecule has 0 aliphatic rings. The van der Waals surface area contributed by atoms with Crippen molar-refractivity contribution in [1.82, 2.24) is 4.72 Å². The van der Waals surface area contributed by atoms with Gasteiger partial charge in [-0.05, 0) is 48.0 Å². The molecular weight excluding hydrogens is 355 g/mol. The fourth-order valence-corrected chi connectivity index (χ4v) is 3.74. The van der Waals surface area contributed by atoms with Crippen LogP contribution in [-0.2, 0) is 14.8 Å². The molecule has 7 heteroatoms. The van der Waals surface area contributed by atoms with Gasteiger partial charge in [-0.2, -0.15) is 4.72 Å². The Hall–Kier alpha value is -2.77. The zero-order valence-corrected chi connectivity index (χ0v) is 14.8. The molecule has 0 saturated heterocycles. The Balaban J connectivity index is 1.75. The summed E-state index contributed by atoms with van der Waals surface area (Å²) in [5.74, 6) is -1.08. The zero-order valence-electron chi connectivity index (χ0n) is 13.9. The number of hydrogen-bond acceptors (Lipinski definition) is 3. The Labute approximate surface area is 150 Å². The van der Waals surface area contributed by atoms with E-state index in [1.807, 2.05) is 24.3 Å². The molecule has 3 rings (SSSR count). The molecule has 0 spiro atoms. The van der Waals surface area contributed by atoms with Crippen LogP contribution < -0.4 is 10.0 Å². The lowest BCUT2D eigenvalue weighted by molar-refractivity contribution is -0.117. The van der Waals surface area contributed by atoms with Gasteiger partial charge in [0.25, 0.3) is 0 Å². The molecular formula is C19H17FN2O3S. The van der Waals surface area contributed by atoms with Crippen molar-refractivity contribution in [2.24, 2.45) is 0 Å². The van der Waals surface area contributed by atoms with Gasteiger partial charge in [0, 0.05) is 5.69 Å². The van der Waals surface area contributed by atoms with Gasteiger partial charge in [-0.1, -0.05) is 36.4 Å². The lowest BCUT2D eigenvalue weighted by atomic mass is 10.1. The lowest BCUT2D eigenvalue weighted by Gasteiger charge is -2.15. The van der Waals surface area contributed by atoms with Gasteiger partial charge in [-0.3, -0.25) is 4.79 Å². The first-order valence-electron chi connectivity index (χ1n) is 7.93. The Bertz CT molecular complexity index is 1070. The van der Waals surface area contributed by atoms with Crippen LogP contribution in [0.5, 0.6) is 0 Å². The van der Waals surface area contributed by atoms with Crippen molar-refractivity contribution in [3.05, 3.63) is 72.5 Å². The van der Waals surface area contributed by atoms with Crippen LogP contribution in [-0.4, -0.2) is 20.4 Å². The first-order chi connectivity index (χ1) is 12.3. The SMILES string of the molecule is C[C@H](NS(=O)(=O)c1ccc2ccccc2c1)C(=O)Nc1cccc(F)c1. The van der Waals surface area contributed by atoms with Crippen molar-refractivity contribution in [2.45, 2.75) is 17.9 Å². The van der Waals surface area contributed by atoms with E-state index in [9.17, 15) is 17.6 Å². The minimum atomic E-state index is -3.88. The van der Waals surface area contributed by atoms with Gasteiger partial charge < -0.3 is 5.32 Å². The van der Waals surface area contributed by atoms with E-state index in [1.54, 1.807) is 12.1 Å². The third kappa shape index (κ3) is 4.07. The second-order valence-electron chi connectivity index (χ2n) is 5.85. The molecule has 5 nitrogen and oxygen atoms in total. The molecule has 3 aromatic carbocycles. The van der Waals surface area contributed by atoms with Crippen LogP contribution in [0.15, 0.2) is 71.6 Å². The first kappa shape index (κ1) is 18.0. The fourth-order valence-electron chi connectivity index (χ4n) is 2.51. The molecule has 0 saturated carbocycles. The van der Waals surface area contributed by atoms with Crippen LogP contribution in [0.3, 0.4) is 0 Å². The van der Waals surface area contributed by atoms with E-state index in [1.165, 1.54) is 31.2 Å². The number of carbonyl (C=O) groups is 1. The van der Waals surface area contributed by atoms with Crippen LogP contribution >= 0.6 is 0 Å². The Kier molecular flexibility index (Phi) is 5.01. The number of rotatable bonds is 5. The van der Waals surface area contributed by atoms with Gasteiger partial charge in [0.1, 0.15) is 5.82 Å². The van der Waals surface area contributed by atoms with Crippen LogP contribution in [0.4, 0.5) is 10.1 Å². The van der Waals surface area contributed by atoms with Crippen molar-refractivity contribution in [3.8, 4) is 0 Å². The molecule has 1 atom stereocenters. The molecule has 1 amide bonds. The van der Waals surface area contributed by atoms with E-state index < -0.39 is 27.8 Å². The van der Waals surface area contributed by atoms with Gasteiger partial charge in [0.15, 0.2) is 0 Å². The van der Waals surface area contributed by atoms with Gasteiger partial charge in [-0.15, -0.1) is 0 Å². The monoisotopic (exact) mass is 372 g/mol. The average Bonchev–Trinajstić information content (AvgIpc) is 2.61. The topological polar surface area (TPSA) is 75.3 Å². The number of sulfonamides is 1. The zero-order chi connectivity index (χ0) is 18.7. The number of benzene rings is 3. The lowest BCUT2D eigenvalue weighted by Crippen LogP contribution is -2.41. The number of hydrogen-bond donors (Lipinski definition) is 2. The van der Waals surface area contributed by atoms with E-state index in [4.69, 9.17) is 0 Å². The maximum atomic E-state index is 13.2. The molecule has 0 aliphatic carbocycles. The highest BCUT2D eigenvalue weighted by Crippen LogP contribution is 2.19. The Morgan fingerprint density at radius 3 is 2.42 bits per heavy atom. The molecule has 0 aliphatic heterocycles. The van der Waals surface area contributed by atoms with E-state index >= 15 is 0 Å². The van der Waals surface area contributed by atoms with Crippen molar-refractivity contribution in [3.63, 3.8) is 0 Å². The van der Waals surface area contributed by atoms with Gasteiger partial charge >= 0.3 is 0 Å². The van der Waals surface area contributed by atoms with Crippen molar-refractivity contribution >= 4 is 32.4 Å². The van der Waals surface area contributed by atoms with Crippen LogP contribution in [0, 0.1) is 5.82 Å². The predicted molar refractivity (Wildman–Crippen MR) is 98.8 cm³/mol. The normalized spacial score (nSPS) is 12.7. The molecule has 0 heterocycles. The second kappa shape index (κ2) is 7.23. The third-order valence-electron chi connectivity index (χ3n) is 3.85. The first-order valence-corrected chi connectivity index (χ1v) is 9.41. The highest BCUT2D eigenvalue weighted by molar-refractivity contribution is 7.89. The number of fused-ring (bicyclic) bond motifs is 1. The maximum absolute atomic E-state index is 13.2. The molecule has 0 unspecified atom stereocenters. The largest absolute Gasteiger partial charge is 0.325 e. The summed E-state index contributed by atoms with van der Waals surface area (Å²) >= 11 is 0. The minimum Gasteiger partial charge on any atom is -0.325 e. The summed E-state index contributed by atoms with van der Waals surface area (Å²) in [6.45, 7) is 1.42. The van der Waals surface area contributed by atoms with Crippen LogP contribution in [0.25, 0.3) is 10.8 Å². The smallest absolute Gasteiger partial charge is 0.242 e. The van der Waals surface area contributed by atoms with Crippen molar-refractivity contribution < 1.29 is 17.6 Å². The van der Waals surface area contributed by atoms with Crippen LogP contribution in [0.2, 0.25) is 0 Å². The fraction of sp³-hybridized carbons (Fsp3) is 0.105. The number of nitrogens with one attached hydrogen (secondary N) is 2. The summed E-state index contributed by atoms with van der Waals surface area (Å²) in [7, 11) is -3.88. The van der Waals surface area contributed by atoms with Crippen molar-refractivity contribution in [2.75, 3.05) is 5.32 Å². The number of amides is 1. The number of halogens is 1. The highest BCUT2D eigenvalue weighted by atomic mass is 32.2. The Morgan fingerprint density at radius 2 is 1.69 bits per heavy atom. The van der Waals surface area contributed by atoms with E-state index in [2.05, 4.69) is 10.0 Å². The van der Waals surface area contributed by atoms with E-state index in [-0.39, 0.29) is 10.6 Å². The number of anilines is 1. The molecule has 0 fully saturated rings. The standard InChI is InChI=1S/C19H17FN2O3S/c1-13(19(23)21-17-8-4-7-16(20)12-17)22-26(24,25)18-10-9-14-5-2-3-6-15(14)11-18/h2-13,22H,1H3,(H,21,23)/t13-/m0/s1. The third-order valence-corrected chi connectivity index (χ3v) is 5.39. The molecule has 3 aromatic rings. The second-order valence-corrected chi connectivity index (χ2v) is 7.57. The predicted octanol–water partition coefficient (Wildman–Crippen LogP) is 3.28. The minimum absolute atomic E-state index is 0.0709. The highest BCUT2D eigenvalue weighted by Gasteiger charge is 2.22. The summed E-state index contributed by atoms with van der Waals surface area (Å²) in [5.41, 5.74) is 0.256. The average molecular weight is 372 g/mol. The summed E-state index contributed by atoms with van der Waals surface area (Å²) in [6.07, 6.45) is 0. The molecule has 0 aromatic heterocycles. The quantitative estimate of drug-likeness (QED) is 0.722. The molecule has 0 radical (unpaired) electrons. The summed E-state index contributed by atoms with van der Waals surface area (Å²) in [4.78, 5) is 12.3.